The molecule has 1 atom stereocenters. The highest BCUT2D eigenvalue weighted by Gasteiger charge is 2.24. The normalized spacial score (nSPS) is 11.6. The zero-order chi connectivity index (χ0) is 22.4. The lowest BCUT2D eigenvalue weighted by Gasteiger charge is -2.30. The molecule has 0 aliphatic carbocycles. The molecule has 0 aliphatic rings. The summed E-state index contributed by atoms with van der Waals surface area (Å²) < 4.78 is 19.4. The first-order valence-electron chi connectivity index (χ1n) is 9.60. The van der Waals surface area contributed by atoms with Crippen LogP contribution in [0.2, 0.25) is 0 Å². The smallest absolute Gasteiger partial charge is 0.339 e. The van der Waals surface area contributed by atoms with E-state index in [0.29, 0.717) is 4.47 Å². The van der Waals surface area contributed by atoms with Crippen LogP contribution in [-0.4, -0.2) is 28.5 Å². The van der Waals surface area contributed by atoms with Gasteiger partial charge < -0.3 is 14.7 Å². The number of carboxylic acids is 1. The number of rotatable bonds is 8. The molecule has 3 aromatic carbocycles. The highest BCUT2D eigenvalue weighted by Crippen LogP contribution is 2.30. The first-order valence-corrected chi connectivity index (χ1v) is 10.4. The van der Waals surface area contributed by atoms with Crippen molar-refractivity contribution < 1.29 is 23.8 Å². The molecule has 3 rings (SSSR count). The Morgan fingerprint density at radius 1 is 1.03 bits per heavy atom. The predicted molar refractivity (Wildman–Crippen MR) is 118 cm³/mol. The third kappa shape index (κ3) is 5.70. The van der Waals surface area contributed by atoms with Crippen LogP contribution in [-0.2, 0) is 11.3 Å². The molecule has 0 heterocycles. The Hall–Kier alpha value is -3.19. The van der Waals surface area contributed by atoms with E-state index in [0.717, 1.165) is 11.1 Å². The summed E-state index contributed by atoms with van der Waals surface area (Å²) in [7, 11) is 0. The number of hydrogen-bond donors (Lipinski definition) is 1. The highest BCUT2D eigenvalue weighted by molar-refractivity contribution is 9.10. The maximum atomic E-state index is 13.3. The fraction of sp³-hybridized carbons (Fsp3) is 0.167. The molecule has 7 heteroatoms. The van der Waals surface area contributed by atoms with Crippen molar-refractivity contribution in [1.29, 1.82) is 0 Å². The van der Waals surface area contributed by atoms with Crippen LogP contribution in [0.5, 0.6) is 5.75 Å². The molecule has 0 saturated heterocycles. The summed E-state index contributed by atoms with van der Waals surface area (Å²) in [5.41, 5.74) is 1.66. The van der Waals surface area contributed by atoms with Crippen molar-refractivity contribution >= 4 is 27.8 Å². The summed E-state index contributed by atoms with van der Waals surface area (Å²) in [6.07, 6.45) is 0. The van der Waals surface area contributed by atoms with Gasteiger partial charge in [-0.25, -0.2) is 9.18 Å². The minimum Gasteiger partial charge on any atom is -0.482 e. The molecule has 0 aliphatic heterocycles. The summed E-state index contributed by atoms with van der Waals surface area (Å²) in [6, 6.07) is 19.8. The Kier molecular flexibility index (Phi) is 7.41. The predicted octanol–water partition coefficient (Wildman–Crippen LogP) is 5.46. The molecule has 1 unspecified atom stereocenters. The molecule has 160 valence electrons. The SMILES string of the molecule is CC(c1ccccc1)N(Cc1ccc(F)cc1)C(=O)COc1c(Br)cccc1C(=O)O. The third-order valence-corrected chi connectivity index (χ3v) is 5.50. The molecule has 31 heavy (non-hydrogen) atoms. The fourth-order valence-corrected chi connectivity index (χ4v) is 3.66. The van der Waals surface area contributed by atoms with E-state index < -0.39 is 5.97 Å². The van der Waals surface area contributed by atoms with E-state index in [9.17, 15) is 19.1 Å². The van der Waals surface area contributed by atoms with Gasteiger partial charge in [0.15, 0.2) is 6.61 Å². The van der Waals surface area contributed by atoms with Gasteiger partial charge in [0.25, 0.3) is 5.91 Å². The summed E-state index contributed by atoms with van der Waals surface area (Å²) >= 11 is 3.28. The Balaban J connectivity index is 1.84. The molecule has 0 spiro atoms. The monoisotopic (exact) mass is 485 g/mol. The van der Waals surface area contributed by atoms with E-state index in [4.69, 9.17) is 4.74 Å². The topological polar surface area (TPSA) is 66.8 Å². The maximum absolute atomic E-state index is 13.3. The van der Waals surface area contributed by atoms with E-state index in [1.807, 2.05) is 37.3 Å². The average Bonchev–Trinajstić information content (AvgIpc) is 2.77. The van der Waals surface area contributed by atoms with E-state index in [-0.39, 0.29) is 42.2 Å². The van der Waals surface area contributed by atoms with Crippen molar-refractivity contribution in [3.05, 3.63) is 99.8 Å². The van der Waals surface area contributed by atoms with Gasteiger partial charge in [0, 0.05) is 6.54 Å². The number of carbonyl (C=O) groups excluding carboxylic acids is 1. The average molecular weight is 486 g/mol. The molecule has 1 amide bonds. The third-order valence-electron chi connectivity index (χ3n) is 4.87. The van der Waals surface area contributed by atoms with E-state index >= 15 is 0 Å². The molecular weight excluding hydrogens is 465 g/mol. The van der Waals surface area contributed by atoms with Crippen LogP contribution in [0.25, 0.3) is 0 Å². The molecule has 5 nitrogen and oxygen atoms in total. The largest absolute Gasteiger partial charge is 0.482 e. The van der Waals surface area contributed by atoms with Crippen LogP contribution in [0.1, 0.15) is 34.5 Å². The van der Waals surface area contributed by atoms with Gasteiger partial charge >= 0.3 is 5.97 Å². The molecular formula is C24H21BrFNO4. The fourth-order valence-electron chi connectivity index (χ4n) is 3.18. The standard InChI is InChI=1S/C24H21BrFNO4/c1-16(18-6-3-2-4-7-18)27(14-17-10-12-19(26)13-11-17)22(28)15-31-23-20(24(29)30)8-5-9-21(23)25/h2-13,16H,14-15H2,1H3,(H,29,30). The number of para-hydroxylation sites is 1. The lowest BCUT2D eigenvalue weighted by atomic mass is 10.1. The Morgan fingerprint density at radius 2 is 1.71 bits per heavy atom. The Bertz CT molecular complexity index is 1060. The van der Waals surface area contributed by atoms with E-state index in [2.05, 4.69) is 15.9 Å². The number of hydrogen-bond acceptors (Lipinski definition) is 3. The molecule has 0 saturated carbocycles. The van der Waals surface area contributed by atoms with Crippen LogP contribution in [0.15, 0.2) is 77.3 Å². The zero-order valence-corrected chi connectivity index (χ0v) is 18.4. The van der Waals surface area contributed by atoms with Gasteiger partial charge in [0.05, 0.1) is 10.5 Å². The van der Waals surface area contributed by atoms with Crippen molar-refractivity contribution in [3.63, 3.8) is 0 Å². The van der Waals surface area contributed by atoms with Crippen LogP contribution in [0.4, 0.5) is 4.39 Å². The Labute approximate surface area is 188 Å². The Morgan fingerprint density at radius 3 is 2.35 bits per heavy atom. The van der Waals surface area contributed by atoms with Crippen molar-refractivity contribution in [2.75, 3.05) is 6.61 Å². The molecule has 3 aromatic rings. The number of benzene rings is 3. The van der Waals surface area contributed by atoms with Gasteiger partial charge in [0.1, 0.15) is 17.1 Å². The molecule has 1 N–H and O–H groups in total. The maximum Gasteiger partial charge on any atom is 0.339 e. The van der Waals surface area contributed by atoms with E-state index in [1.165, 1.54) is 18.2 Å². The van der Waals surface area contributed by atoms with Gasteiger partial charge in [-0.2, -0.15) is 0 Å². The number of carboxylic acid groups (broad SMARTS) is 1. The summed E-state index contributed by atoms with van der Waals surface area (Å²) in [6.45, 7) is 1.80. The second-order valence-corrected chi connectivity index (χ2v) is 7.80. The van der Waals surface area contributed by atoms with Crippen molar-refractivity contribution in [2.45, 2.75) is 19.5 Å². The first-order chi connectivity index (χ1) is 14.9. The van der Waals surface area contributed by atoms with Crippen molar-refractivity contribution in [1.82, 2.24) is 4.90 Å². The number of halogens is 2. The summed E-state index contributed by atoms with van der Waals surface area (Å²) in [5, 5.41) is 9.39. The summed E-state index contributed by atoms with van der Waals surface area (Å²) in [5.74, 6) is -1.73. The van der Waals surface area contributed by atoms with Crippen LogP contribution in [0.3, 0.4) is 0 Å². The van der Waals surface area contributed by atoms with Crippen molar-refractivity contribution in [2.24, 2.45) is 0 Å². The van der Waals surface area contributed by atoms with Gasteiger partial charge in [-0.1, -0.05) is 48.5 Å². The van der Waals surface area contributed by atoms with Gasteiger partial charge in [0.2, 0.25) is 0 Å². The highest BCUT2D eigenvalue weighted by atomic mass is 79.9. The minimum atomic E-state index is -1.15. The van der Waals surface area contributed by atoms with Gasteiger partial charge in [-0.3, -0.25) is 4.79 Å². The lowest BCUT2D eigenvalue weighted by molar-refractivity contribution is -0.136. The lowest BCUT2D eigenvalue weighted by Crippen LogP contribution is -2.36. The minimum absolute atomic E-state index is 0.0385. The molecule has 0 radical (unpaired) electrons. The number of carbonyl (C=O) groups is 2. The quantitative estimate of drug-likeness (QED) is 0.460. The number of ether oxygens (including phenoxy) is 1. The number of amides is 1. The molecule has 0 bridgehead atoms. The molecule has 0 fully saturated rings. The zero-order valence-electron chi connectivity index (χ0n) is 16.8. The van der Waals surface area contributed by atoms with Crippen LogP contribution < -0.4 is 4.74 Å². The first kappa shape index (κ1) is 22.5. The van der Waals surface area contributed by atoms with Gasteiger partial charge in [-0.05, 0) is 58.2 Å². The number of nitrogens with zero attached hydrogens (tertiary/aromatic N) is 1. The van der Waals surface area contributed by atoms with Crippen LogP contribution in [0, 0.1) is 5.82 Å². The van der Waals surface area contributed by atoms with E-state index in [1.54, 1.807) is 29.2 Å². The van der Waals surface area contributed by atoms with Crippen molar-refractivity contribution in [3.8, 4) is 5.75 Å². The number of aromatic carboxylic acids is 1. The second-order valence-electron chi connectivity index (χ2n) is 6.95. The van der Waals surface area contributed by atoms with Gasteiger partial charge in [-0.15, -0.1) is 0 Å². The summed E-state index contributed by atoms with van der Waals surface area (Å²) in [4.78, 5) is 26.3. The molecule has 0 aromatic heterocycles. The van der Waals surface area contributed by atoms with Crippen LogP contribution >= 0.6 is 15.9 Å². The second kappa shape index (κ2) is 10.2.